The largest absolute Gasteiger partial charge is 0.483 e. The second-order valence-electron chi connectivity index (χ2n) is 7.94. The Morgan fingerprint density at radius 2 is 2.03 bits per heavy atom. The Bertz CT molecular complexity index is 737. The minimum Gasteiger partial charge on any atom is -0.483 e. The van der Waals surface area contributed by atoms with Gasteiger partial charge in [-0.2, -0.15) is 0 Å². The van der Waals surface area contributed by atoms with Crippen molar-refractivity contribution < 1.29 is 24.6 Å². The molecule has 1 atom stereocenters. The number of carboxylic acid groups (broad SMARTS) is 1. The SMILES string of the molecule is CN1CC(O)CC2(CCN(CC(=O)NCCc3cccc(Cl)c3)CC2)C1=O.O=CO. The van der Waals surface area contributed by atoms with Crippen molar-refractivity contribution >= 4 is 29.9 Å². The number of likely N-dealkylation sites (tertiary alicyclic amines) is 2. The Labute approximate surface area is 181 Å². The summed E-state index contributed by atoms with van der Waals surface area (Å²) in [5.41, 5.74) is 0.646. The lowest BCUT2D eigenvalue weighted by atomic mass is 9.71. The predicted octanol–water partition coefficient (Wildman–Crippen LogP) is 1.00. The number of aliphatic hydroxyl groups excluding tert-OH is 1. The van der Waals surface area contributed by atoms with E-state index in [0.717, 1.165) is 12.0 Å². The van der Waals surface area contributed by atoms with Crippen molar-refractivity contribution in [3.63, 3.8) is 0 Å². The monoisotopic (exact) mass is 439 g/mol. The number of benzene rings is 1. The molecular weight excluding hydrogens is 410 g/mol. The molecule has 2 fully saturated rings. The first kappa shape index (κ1) is 24.1. The average molecular weight is 440 g/mol. The van der Waals surface area contributed by atoms with Crippen LogP contribution >= 0.6 is 11.6 Å². The average Bonchev–Trinajstić information content (AvgIpc) is 2.69. The van der Waals surface area contributed by atoms with Crippen LogP contribution < -0.4 is 5.32 Å². The molecule has 3 N–H and O–H groups in total. The summed E-state index contributed by atoms with van der Waals surface area (Å²) in [5, 5.41) is 20.6. The molecule has 0 saturated carbocycles. The lowest BCUT2D eigenvalue weighted by Crippen LogP contribution is -2.56. The molecule has 8 nitrogen and oxygen atoms in total. The van der Waals surface area contributed by atoms with Crippen LogP contribution in [0.2, 0.25) is 5.02 Å². The van der Waals surface area contributed by atoms with Gasteiger partial charge in [0, 0.05) is 25.2 Å². The number of nitrogens with zero attached hydrogens (tertiary/aromatic N) is 2. The molecule has 2 heterocycles. The highest BCUT2D eigenvalue weighted by atomic mass is 35.5. The number of rotatable bonds is 5. The molecule has 3 rings (SSSR count). The van der Waals surface area contributed by atoms with Crippen molar-refractivity contribution in [1.29, 1.82) is 0 Å². The summed E-state index contributed by atoms with van der Waals surface area (Å²) in [6, 6.07) is 7.64. The second-order valence-corrected chi connectivity index (χ2v) is 8.37. The van der Waals surface area contributed by atoms with Gasteiger partial charge in [0.2, 0.25) is 11.8 Å². The highest BCUT2D eigenvalue weighted by molar-refractivity contribution is 6.30. The van der Waals surface area contributed by atoms with Crippen LogP contribution in [0.5, 0.6) is 0 Å². The van der Waals surface area contributed by atoms with Crippen molar-refractivity contribution in [2.75, 3.05) is 39.8 Å². The highest BCUT2D eigenvalue weighted by Crippen LogP contribution is 2.40. The molecule has 0 bridgehead atoms. The van der Waals surface area contributed by atoms with Gasteiger partial charge >= 0.3 is 0 Å². The maximum absolute atomic E-state index is 12.6. The fraction of sp³-hybridized carbons (Fsp3) is 0.571. The van der Waals surface area contributed by atoms with E-state index >= 15 is 0 Å². The molecule has 0 aliphatic carbocycles. The van der Waals surface area contributed by atoms with Gasteiger partial charge in [-0.15, -0.1) is 0 Å². The van der Waals surface area contributed by atoms with Gasteiger partial charge in [0.05, 0.1) is 18.1 Å². The van der Waals surface area contributed by atoms with Crippen molar-refractivity contribution in [3.8, 4) is 0 Å². The first-order valence-corrected chi connectivity index (χ1v) is 10.4. The van der Waals surface area contributed by atoms with Crippen LogP contribution in [0.3, 0.4) is 0 Å². The van der Waals surface area contributed by atoms with Crippen molar-refractivity contribution in [2.24, 2.45) is 5.41 Å². The molecule has 9 heteroatoms. The third-order valence-electron chi connectivity index (χ3n) is 5.72. The minimum absolute atomic E-state index is 0.0000940. The molecule has 0 aromatic heterocycles. The van der Waals surface area contributed by atoms with Crippen LogP contribution in [0.1, 0.15) is 24.8 Å². The quantitative estimate of drug-likeness (QED) is 0.590. The zero-order chi connectivity index (χ0) is 22.1. The molecule has 0 radical (unpaired) electrons. The summed E-state index contributed by atoms with van der Waals surface area (Å²) >= 11 is 5.97. The third kappa shape index (κ3) is 6.68. The number of piperidine rings is 2. The number of amides is 2. The fourth-order valence-corrected chi connectivity index (χ4v) is 4.47. The number of halogens is 1. The molecular formula is C21H30ClN3O5. The lowest BCUT2D eigenvalue weighted by Gasteiger charge is -2.46. The molecule has 2 amide bonds. The van der Waals surface area contributed by atoms with Crippen LogP contribution in [-0.2, 0) is 20.8 Å². The Morgan fingerprint density at radius 3 is 2.67 bits per heavy atom. The van der Waals surface area contributed by atoms with Crippen LogP contribution in [0, 0.1) is 5.41 Å². The minimum atomic E-state index is -0.452. The lowest BCUT2D eigenvalue weighted by molar-refractivity contribution is -0.154. The molecule has 166 valence electrons. The van der Waals surface area contributed by atoms with Crippen molar-refractivity contribution in [3.05, 3.63) is 34.9 Å². The molecule has 30 heavy (non-hydrogen) atoms. The van der Waals surface area contributed by atoms with Crippen LogP contribution in [0.15, 0.2) is 24.3 Å². The molecule has 2 aliphatic rings. The molecule has 2 saturated heterocycles. The summed E-state index contributed by atoms with van der Waals surface area (Å²) in [6.45, 7) is 2.49. The van der Waals surface area contributed by atoms with Crippen LogP contribution in [0.25, 0.3) is 0 Å². The Balaban J connectivity index is 0.00000101. The first-order valence-electron chi connectivity index (χ1n) is 10.0. The number of aliphatic hydroxyl groups is 1. The summed E-state index contributed by atoms with van der Waals surface area (Å²) in [5.74, 6) is 0.138. The number of hydrogen-bond donors (Lipinski definition) is 3. The number of nitrogens with one attached hydrogen (secondary N) is 1. The van der Waals surface area contributed by atoms with Crippen molar-refractivity contribution in [2.45, 2.75) is 31.8 Å². The van der Waals surface area contributed by atoms with Gasteiger partial charge in [-0.1, -0.05) is 23.7 Å². The number of likely N-dealkylation sites (N-methyl/N-ethyl adjacent to an activating group) is 1. The van der Waals surface area contributed by atoms with Crippen LogP contribution in [-0.4, -0.2) is 84.2 Å². The fourth-order valence-electron chi connectivity index (χ4n) is 4.26. The van der Waals surface area contributed by atoms with Gasteiger partial charge < -0.3 is 20.4 Å². The highest BCUT2D eigenvalue weighted by Gasteiger charge is 2.47. The van der Waals surface area contributed by atoms with Gasteiger partial charge in [0.1, 0.15) is 0 Å². The smallest absolute Gasteiger partial charge is 0.290 e. The van der Waals surface area contributed by atoms with E-state index in [-0.39, 0.29) is 18.3 Å². The Hall–Kier alpha value is -2.16. The van der Waals surface area contributed by atoms with Gasteiger partial charge in [0.25, 0.3) is 6.47 Å². The summed E-state index contributed by atoms with van der Waals surface area (Å²) in [4.78, 5) is 36.9. The Morgan fingerprint density at radius 1 is 1.37 bits per heavy atom. The van der Waals surface area contributed by atoms with E-state index < -0.39 is 11.5 Å². The zero-order valence-corrected chi connectivity index (χ0v) is 18.0. The van der Waals surface area contributed by atoms with Gasteiger partial charge in [-0.25, -0.2) is 0 Å². The molecule has 1 aromatic rings. The summed E-state index contributed by atoms with van der Waals surface area (Å²) in [6.07, 6.45) is 2.23. The van der Waals surface area contributed by atoms with Crippen LogP contribution in [0.4, 0.5) is 0 Å². The van der Waals surface area contributed by atoms with E-state index in [1.54, 1.807) is 11.9 Å². The maximum atomic E-state index is 12.6. The maximum Gasteiger partial charge on any atom is 0.290 e. The zero-order valence-electron chi connectivity index (χ0n) is 17.2. The third-order valence-corrected chi connectivity index (χ3v) is 5.95. The summed E-state index contributed by atoms with van der Waals surface area (Å²) < 4.78 is 0. The number of hydrogen-bond acceptors (Lipinski definition) is 5. The van der Waals surface area contributed by atoms with E-state index in [0.29, 0.717) is 57.0 Å². The molecule has 1 unspecified atom stereocenters. The topological polar surface area (TPSA) is 110 Å². The predicted molar refractivity (Wildman–Crippen MR) is 113 cm³/mol. The standard InChI is InChI=1S/C20H28ClN3O3.CH2O2/c1-23-13-17(25)12-20(19(23)27)6-9-24(10-7-20)14-18(26)22-8-5-15-3-2-4-16(21)11-15;2-1-3/h2-4,11,17,25H,5-10,12-14H2,1H3,(H,22,26);1H,(H,2,3). The number of β-amino-alcohol motifs (C(OH)–C–C–N with tert-alkyl or cyclic N) is 1. The number of carbonyl (C=O) groups is 3. The van der Waals surface area contributed by atoms with E-state index in [4.69, 9.17) is 21.5 Å². The Kier molecular flexibility index (Phi) is 9.08. The van der Waals surface area contributed by atoms with Crippen molar-refractivity contribution in [1.82, 2.24) is 15.1 Å². The van der Waals surface area contributed by atoms with Gasteiger partial charge in [0.15, 0.2) is 0 Å². The molecule has 1 aromatic carbocycles. The van der Waals surface area contributed by atoms with E-state index in [1.807, 2.05) is 24.3 Å². The normalized spacial score (nSPS) is 21.0. The first-order chi connectivity index (χ1) is 14.3. The second kappa shape index (κ2) is 11.3. The summed E-state index contributed by atoms with van der Waals surface area (Å²) in [7, 11) is 1.76. The number of carbonyl (C=O) groups excluding carboxylic acids is 2. The van der Waals surface area contributed by atoms with E-state index in [1.165, 1.54) is 0 Å². The van der Waals surface area contributed by atoms with E-state index in [9.17, 15) is 14.7 Å². The van der Waals surface area contributed by atoms with Gasteiger partial charge in [-0.05, 0) is 56.5 Å². The molecule has 2 aliphatic heterocycles. The molecule has 1 spiro atoms. The van der Waals surface area contributed by atoms with E-state index in [2.05, 4.69) is 10.2 Å². The van der Waals surface area contributed by atoms with Gasteiger partial charge in [-0.3, -0.25) is 19.3 Å².